The van der Waals surface area contributed by atoms with Crippen molar-refractivity contribution in [2.45, 2.75) is 18.1 Å². The minimum atomic E-state index is -3.35. The van der Waals surface area contributed by atoms with E-state index in [1.54, 1.807) is 0 Å². The highest BCUT2D eigenvalue weighted by atomic mass is 79.9. The number of benzene rings is 1. The standard InChI is InChI=1S/C9H9BrN2O4S/c10-8-5-6(12(13)14)1-4-9(8)11-17(15,16)7-2-3-7/h1,4-5,7,11H,2-3H2. The summed E-state index contributed by atoms with van der Waals surface area (Å²) in [6.45, 7) is 0. The number of anilines is 1. The van der Waals surface area contributed by atoms with Crippen molar-refractivity contribution in [2.24, 2.45) is 0 Å². The topological polar surface area (TPSA) is 89.3 Å². The van der Waals surface area contributed by atoms with Crippen LogP contribution in [0.25, 0.3) is 0 Å². The predicted octanol–water partition coefficient (Wildman–Crippen LogP) is 2.26. The van der Waals surface area contributed by atoms with E-state index in [1.807, 2.05) is 0 Å². The van der Waals surface area contributed by atoms with Gasteiger partial charge in [0.1, 0.15) is 0 Å². The number of halogens is 1. The molecular weight excluding hydrogens is 312 g/mol. The van der Waals surface area contributed by atoms with Gasteiger partial charge in [-0.25, -0.2) is 8.42 Å². The van der Waals surface area contributed by atoms with Gasteiger partial charge in [0.05, 0.1) is 15.9 Å². The van der Waals surface area contributed by atoms with E-state index in [0.29, 0.717) is 23.0 Å². The van der Waals surface area contributed by atoms with Crippen molar-refractivity contribution in [1.29, 1.82) is 0 Å². The number of nitro benzene ring substituents is 1. The summed E-state index contributed by atoms with van der Waals surface area (Å²) in [4.78, 5) is 9.98. The van der Waals surface area contributed by atoms with E-state index >= 15 is 0 Å². The van der Waals surface area contributed by atoms with Crippen molar-refractivity contribution >= 4 is 37.3 Å². The third kappa shape index (κ3) is 2.75. The Morgan fingerprint density at radius 2 is 2.06 bits per heavy atom. The zero-order valence-electron chi connectivity index (χ0n) is 8.59. The van der Waals surface area contributed by atoms with E-state index in [1.165, 1.54) is 18.2 Å². The molecular formula is C9H9BrN2O4S. The second-order valence-corrected chi connectivity index (χ2v) is 6.58. The van der Waals surface area contributed by atoms with Gasteiger partial charge in [0.25, 0.3) is 5.69 Å². The summed E-state index contributed by atoms with van der Waals surface area (Å²) in [6, 6.07) is 3.91. The highest BCUT2D eigenvalue weighted by Gasteiger charge is 2.36. The quantitative estimate of drug-likeness (QED) is 0.680. The van der Waals surface area contributed by atoms with Gasteiger partial charge in [-0.2, -0.15) is 0 Å². The number of hydrogen-bond donors (Lipinski definition) is 1. The summed E-state index contributed by atoms with van der Waals surface area (Å²) in [5, 5.41) is 10.2. The minimum Gasteiger partial charge on any atom is -0.282 e. The fraction of sp³-hybridized carbons (Fsp3) is 0.333. The number of non-ortho nitro benzene ring substituents is 1. The van der Waals surface area contributed by atoms with Crippen LogP contribution in [0.3, 0.4) is 0 Å². The summed E-state index contributed by atoms with van der Waals surface area (Å²) in [7, 11) is -3.35. The van der Waals surface area contributed by atoms with Gasteiger partial charge in [-0.3, -0.25) is 14.8 Å². The summed E-state index contributed by atoms with van der Waals surface area (Å²) in [5.74, 6) is 0. The first kappa shape index (κ1) is 12.3. The van der Waals surface area contributed by atoms with Gasteiger partial charge in [-0.1, -0.05) is 0 Å². The van der Waals surface area contributed by atoms with Crippen LogP contribution < -0.4 is 4.72 Å². The molecule has 0 bridgehead atoms. The molecule has 0 saturated heterocycles. The number of nitrogens with one attached hydrogen (secondary N) is 1. The van der Waals surface area contributed by atoms with Crippen LogP contribution in [0.15, 0.2) is 22.7 Å². The first-order chi connectivity index (χ1) is 7.90. The molecule has 2 rings (SSSR count). The Morgan fingerprint density at radius 3 is 2.53 bits per heavy atom. The average Bonchev–Trinajstić information content (AvgIpc) is 3.04. The second-order valence-electron chi connectivity index (χ2n) is 3.77. The Kier molecular flexibility index (Phi) is 3.09. The molecule has 17 heavy (non-hydrogen) atoms. The molecule has 1 fully saturated rings. The molecule has 0 aromatic heterocycles. The van der Waals surface area contributed by atoms with E-state index in [2.05, 4.69) is 20.7 Å². The molecule has 0 spiro atoms. The summed E-state index contributed by atoms with van der Waals surface area (Å²) < 4.78 is 26.1. The van der Waals surface area contributed by atoms with Crippen molar-refractivity contribution in [3.8, 4) is 0 Å². The monoisotopic (exact) mass is 320 g/mol. The molecule has 1 aromatic rings. The van der Waals surface area contributed by atoms with Crippen LogP contribution in [0.2, 0.25) is 0 Å². The lowest BCUT2D eigenvalue weighted by Gasteiger charge is -2.08. The maximum absolute atomic E-state index is 11.7. The van der Waals surface area contributed by atoms with Crippen LogP contribution in [0.5, 0.6) is 0 Å². The maximum atomic E-state index is 11.7. The number of nitrogens with zero attached hydrogens (tertiary/aromatic N) is 1. The third-order valence-electron chi connectivity index (χ3n) is 2.38. The van der Waals surface area contributed by atoms with Gasteiger partial charge in [-0.15, -0.1) is 0 Å². The summed E-state index contributed by atoms with van der Waals surface area (Å²) >= 11 is 3.11. The fourth-order valence-electron chi connectivity index (χ4n) is 1.32. The Bertz CT molecular complexity index is 568. The Hall–Kier alpha value is -1.15. The molecule has 92 valence electrons. The minimum absolute atomic E-state index is 0.0914. The highest BCUT2D eigenvalue weighted by Crippen LogP contribution is 2.33. The van der Waals surface area contributed by atoms with Gasteiger partial charge in [0, 0.05) is 16.6 Å². The molecule has 0 atom stereocenters. The molecule has 6 nitrogen and oxygen atoms in total. The van der Waals surface area contributed by atoms with Crippen molar-refractivity contribution in [2.75, 3.05) is 4.72 Å². The van der Waals surface area contributed by atoms with Gasteiger partial charge in [0.15, 0.2) is 0 Å². The highest BCUT2D eigenvalue weighted by molar-refractivity contribution is 9.10. The Balaban J connectivity index is 2.25. The SMILES string of the molecule is O=[N+]([O-])c1ccc(NS(=O)(=O)C2CC2)c(Br)c1. The molecule has 0 aliphatic heterocycles. The molecule has 1 aliphatic carbocycles. The Labute approximate surface area is 106 Å². The molecule has 0 heterocycles. The summed E-state index contributed by atoms with van der Waals surface area (Å²) in [5.41, 5.74) is 0.230. The molecule has 1 aliphatic rings. The fourth-order valence-corrected chi connectivity index (χ4v) is 3.32. The first-order valence-electron chi connectivity index (χ1n) is 4.86. The maximum Gasteiger partial charge on any atom is 0.270 e. The van der Waals surface area contributed by atoms with Gasteiger partial charge in [-0.05, 0) is 34.8 Å². The number of nitro groups is 1. The number of sulfonamides is 1. The van der Waals surface area contributed by atoms with Crippen LogP contribution in [-0.2, 0) is 10.0 Å². The number of hydrogen-bond acceptors (Lipinski definition) is 4. The Morgan fingerprint density at radius 1 is 1.41 bits per heavy atom. The summed E-state index contributed by atoms with van der Waals surface area (Å²) in [6.07, 6.45) is 1.33. The molecule has 1 saturated carbocycles. The molecule has 8 heteroatoms. The van der Waals surface area contributed by atoms with E-state index in [4.69, 9.17) is 0 Å². The largest absolute Gasteiger partial charge is 0.282 e. The van der Waals surface area contributed by atoms with Crippen LogP contribution in [-0.4, -0.2) is 18.6 Å². The molecule has 1 aromatic carbocycles. The lowest BCUT2D eigenvalue weighted by Crippen LogP contribution is -2.17. The molecule has 1 N–H and O–H groups in total. The van der Waals surface area contributed by atoms with Crippen molar-refractivity contribution in [3.05, 3.63) is 32.8 Å². The molecule has 0 radical (unpaired) electrons. The number of rotatable bonds is 4. The van der Waals surface area contributed by atoms with E-state index in [-0.39, 0.29) is 10.9 Å². The lowest BCUT2D eigenvalue weighted by atomic mass is 10.3. The lowest BCUT2D eigenvalue weighted by molar-refractivity contribution is -0.384. The zero-order valence-corrected chi connectivity index (χ0v) is 11.0. The molecule has 0 unspecified atom stereocenters. The third-order valence-corrected chi connectivity index (χ3v) is 4.89. The van der Waals surface area contributed by atoms with Gasteiger partial charge < -0.3 is 0 Å². The van der Waals surface area contributed by atoms with Crippen molar-refractivity contribution in [1.82, 2.24) is 0 Å². The predicted molar refractivity (Wildman–Crippen MR) is 66.4 cm³/mol. The normalized spacial score (nSPS) is 15.6. The first-order valence-corrected chi connectivity index (χ1v) is 7.19. The van der Waals surface area contributed by atoms with Crippen molar-refractivity contribution < 1.29 is 13.3 Å². The second kappa shape index (κ2) is 4.26. The van der Waals surface area contributed by atoms with Crippen LogP contribution >= 0.6 is 15.9 Å². The van der Waals surface area contributed by atoms with E-state index in [0.717, 1.165) is 0 Å². The molecule has 0 amide bonds. The smallest absolute Gasteiger partial charge is 0.270 e. The van der Waals surface area contributed by atoms with E-state index < -0.39 is 14.9 Å². The van der Waals surface area contributed by atoms with Gasteiger partial charge in [0.2, 0.25) is 10.0 Å². The van der Waals surface area contributed by atoms with Crippen molar-refractivity contribution in [3.63, 3.8) is 0 Å². The van der Waals surface area contributed by atoms with Gasteiger partial charge >= 0.3 is 0 Å². The zero-order chi connectivity index (χ0) is 12.6. The van der Waals surface area contributed by atoms with Crippen LogP contribution in [0, 0.1) is 10.1 Å². The average molecular weight is 321 g/mol. The van der Waals surface area contributed by atoms with E-state index in [9.17, 15) is 18.5 Å². The van der Waals surface area contributed by atoms with Crippen LogP contribution in [0.4, 0.5) is 11.4 Å². The van der Waals surface area contributed by atoms with Crippen LogP contribution in [0.1, 0.15) is 12.8 Å².